The van der Waals surface area contributed by atoms with Gasteiger partial charge in [0.05, 0.1) is 0 Å². The van der Waals surface area contributed by atoms with Gasteiger partial charge in [-0.15, -0.1) is 0 Å². The fraction of sp³-hybridized carbons (Fsp3) is 0.533. The largest absolute Gasteiger partial charge is 0.302 e. The maximum absolute atomic E-state index is 11.6. The standard InChI is InChI=1S/C15H19BrO/c1-14(2)7-6-11-4-5-12(16)8-13(11)15(3,9-14)10-17/h4-5,8,10H,6-7,9H2,1-3H3. The summed E-state index contributed by atoms with van der Waals surface area (Å²) in [5.74, 6) is 0. The van der Waals surface area contributed by atoms with Gasteiger partial charge in [-0.3, -0.25) is 0 Å². The second-order valence-corrected chi connectivity index (χ2v) is 7.09. The molecule has 0 radical (unpaired) electrons. The SMILES string of the molecule is CC1(C)CCc2ccc(Br)cc2C(C)(C=O)C1. The third kappa shape index (κ3) is 2.47. The topological polar surface area (TPSA) is 17.1 Å². The molecule has 0 fully saturated rings. The van der Waals surface area contributed by atoms with Crippen LogP contribution in [-0.4, -0.2) is 6.29 Å². The van der Waals surface area contributed by atoms with E-state index in [-0.39, 0.29) is 10.8 Å². The van der Waals surface area contributed by atoms with Crippen molar-refractivity contribution in [3.63, 3.8) is 0 Å². The smallest absolute Gasteiger partial charge is 0.130 e. The summed E-state index contributed by atoms with van der Waals surface area (Å²) in [5.41, 5.74) is 2.40. The average molecular weight is 295 g/mol. The predicted octanol–water partition coefficient (Wildman–Crippen LogP) is 4.27. The quantitative estimate of drug-likeness (QED) is 0.558. The van der Waals surface area contributed by atoms with Crippen LogP contribution in [0.1, 0.15) is 44.7 Å². The Balaban J connectivity index is 2.58. The summed E-state index contributed by atoms with van der Waals surface area (Å²) in [6.07, 6.45) is 4.27. The monoisotopic (exact) mass is 294 g/mol. The first kappa shape index (κ1) is 12.8. The maximum atomic E-state index is 11.6. The molecule has 1 aromatic rings. The van der Waals surface area contributed by atoms with E-state index in [4.69, 9.17) is 0 Å². The summed E-state index contributed by atoms with van der Waals surface area (Å²) in [4.78, 5) is 11.6. The number of aryl methyl sites for hydroxylation is 1. The Morgan fingerprint density at radius 3 is 2.65 bits per heavy atom. The van der Waals surface area contributed by atoms with Gasteiger partial charge in [0.1, 0.15) is 6.29 Å². The van der Waals surface area contributed by atoms with Gasteiger partial charge >= 0.3 is 0 Å². The predicted molar refractivity (Wildman–Crippen MR) is 74.3 cm³/mol. The van der Waals surface area contributed by atoms with E-state index in [1.165, 1.54) is 11.1 Å². The highest BCUT2D eigenvalue weighted by Crippen LogP contribution is 2.43. The molecule has 0 saturated heterocycles. The molecule has 1 nitrogen and oxygen atoms in total. The molecule has 0 saturated carbocycles. The fourth-order valence-corrected chi connectivity index (χ4v) is 3.42. The zero-order chi connectivity index (χ0) is 12.7. The van der Waals surface area contributed by atoms with Crippen LogP contribution in [0, 0.1) is 5.41 Å². The third-order valence-corrected chi connectivity index (χ3v) is 4.36. The Labute approximate surface area is 112 Å². The lowest BCUT2D eigenvalue weighted by Crippen LogP contribution is -2.29. The van der Waals surface area contributed by atoms with Crippen LogP contribution in [0.25, 0.3) is 0 Å². The molecular weight excluding hydrogens is 276 g/mol. The minimum atomic E-state index is -0.348. The molecule has 0 aromatic heterocycles. The van der Waals surface area contributed by atoms with E-state index in [0.29, 0.717) is 0 Å². The second-order valence-electron chi connectivity index (χ2n) is 6.18. The lowest BCUT2D eigenvalue weighted by atomic mass is 9.72. The van der Waals surface area contributed by atoms with Crippen LogP contribution in [0.15, 0.2) is 22.7 Å². The highest BCUT2D eigenvalue weighted by molar-refractivity contribution is 9.10. The molecule has 1 aliphatic carbocycles. The van der Waals surface area contributed by atoms with Gasteiger partial charge in [0.25, 0.3) is 0 Å². The van der Waals surface area contributed by atoms with E-state index < -0.39 is 0 Å². The van der Waals surface area contributed by atoms with Crippen molar-refractivity contribution in [2.75, 3.05) is 0 Å². The maximum Gasteiger partial charge on any atom is 0.130 e. The van der Waals surface area contributed by atoms with Crippen molar-refractivity contribution in [2.24, 2.45) is 5.41 Å². The normalized spacial score (nSPS) is 27.1. The Morgan fingerprint density at radius 1 is 1.29 bits per heavy atom. The first-order valence-electron chi connectivity index (χ1n) is 6.12. The van der Waals surface area contributed by atoms with Gasteiger partial charge in [0.2, 0.25) is 0 Å². The lowest BCUT2D eigenvalue weighted by Gasteiger charge is -2.31. The molecule has 2 heteroatoms. The van der Waals surface area contributed by atoms with Gasteiger partial charge in [-0.2, -0.15) is 0 Å². The molecule has 0 heterocycles. The molecule has 2 rings (SSSR count). The van der Waals surface area contributed by atoms with Crippen molar-refractivity contribution < 1.29 is 4.79 Å². The van der Waals surface area contributed by atoms with Crippen molar-refractivity contribution in [1.29, 1.82) is 0 Å². The van der Waals surface area contributed by atoms with E-state index in [2.05, 4.69) is 54.9 Å². The van der Waals surface area contributed by atoms with E-state index >= 15 is 0 Å². The third-order valence-electron chi connectivity index (χ3n) is 3.86. The van der Waals surface area contributed by atoms with Crippen molar-refractivity contribution in [2.45, 2.75) is 45.4 Å². The summed E-state index contributed by atoms with van der Waals surface area (Å²) in [7, 11) is 0. The lowest BCUT2D eigenvalue weighted by molar-refractivity contribution is -0.113. The van der Waals surface area contributed by atoms with Crippen LogP contribution < -0.4 is 0 Å². The van der Waals surface area contributed by atoms with Crippen molar-refractivity contribution in [3.05, 3.63) is 33.8 Å². The molecule has 92 valence electrons. The molecule has 1 aliphatic rings. The number of hydrogen-bond donors (Lipinski definition) is 0. The van der Waals surface area contributed by atoms with Gasteiger partial charge in [0.15, 0.2) is 0 Å². The molecule has 17 heavy (non-hydrogen) atoms. The van der Waals surface area contributed by atoms with Gasteiger partial charge in [-0.1, -0.05) is 35.8 Å². The Bertz CT molecular complexity index is 450. The van der Waals surface area contributed by atoms with E-state index in [9.17, 15) is 4.79 Å². The molecule has 0 aliphatic heterocycles. The Kier molecular flexibility index (Phi) is 3.19. The number of carbonyl (C=O) groups is 1. The van der Waals surface area contributed by atoms with Gasteiger partial charge < -0.3 is 4.79 Å². The highest BCUT2D eigenvalue weighted by Gasteiger charge is 2.37. The molecular formula is C15H19BrO. The Hall–Kier alpha value is -0.630. The molecule has 0 bridgehead atoms. The van der Waals surface area contributed by atoms with Crippen LogP contribution in [0.2, 0.25) is 0 Å². The summed E-state index contributed by atoms with van der Waals surface area (Å²) in [5, 5.41) is 0. The Morgan fingerprint density at radius 2 is 2.00 bits per heavy atom. The van der Waals surface area contributed by atoms with E-state index in [0.717, 1.165) is 30.0 Å². The van der Waals surface area contributed by atoms with Gasteiger partial charge in [-0.25, -0.2) is 0 Å². The molecule has 1 atom stereocenters. The number of fused-ring (bicyclic) bond motifs is 1. The number of carbonyl (C=O) groups excluding carboxylic acids is 1. The van der Waals surface area contributed by atoms with Crippen LogP contribution in [0.4, 0.5) is 0 Å². The van der Waals surface area contributed by atoms with Gasteiger partial charge in [-0.05, 0) is 54.9 Å². The minimum absolute atomic E-state index is 0.223. The van der Waals surface area contributed by atoms with Crippen LogP contribution in [-0.2, 0) is 16.6 Å². The zero-order valence-electron chi connectivity index (χ0n) is 10.7. The van der Waals surface area contributed by atoms with Crippen molar-refractivity contribution >= 4 is 22.2 Å². The summed E-state index contributed by atoms with van der Waals surface area (Å²) >= 11 is 3.51. The van der Waals surface area contributed by atoms with Gasteiger partial charge in [0, 0.05) is 9.89 Å². The average Bonchev–Trinajstić information content (AvgIpc) is 2.35. The summed E-state index contributed by atoms with van der Waals surface area (Å²) in [6.45, 7) is 6.59. The van der Waals surface area contributed by atoms with Crippen LogP contribution >= 0.6 is 15.9 Å². The zero-order valence-corrected chi connectivity index (χ0v) is 12.3. The minimum Gasteiger partial charge on any atom is -0.302 e. The van der Waals surface area contributed by atoms with E-state index in [1.54, 1.807) is 0 Å². The second kappa shape index (κ2) is 4.24. The molecule has 0 amide bonds. The fourth-order valence-electron chi connectivity index (χ4n) is 3.05. The first-order chi connectivity index (χ1) is 7.86. The van der Waals surface area contributed by atoms with Crippen molar-refractivity contribution in [3.8, 4) is 0 Å². The molecule has 1 unspecified atom stereocenters. The highest BCUT2D eigenvalue weighted by atomic mass is 79.9. The number of benzene rings is 1. The molecule has 0 spiro atoms. The van der Waals surface area contributed by atoms with Crippen molar-refractivity contribution in [1.82, 2.24) is 0 Å². The first-order valence-corrected chi connectivity index (χ1v) is 6.91. The molecule has 0 N–H and O–H groups in total. The number of rotatable bonds is 1. The number of halogens is 1. The summed E-state index contributed by atoms with van der Waals surface area (Å²) < 4.78 is 1.06. The van der Waals surface area contributed by atoms with Crippen LogP contribution in [0.3, 0.4) is 0 Å². The number of aldehydes is 1. The van der Waals surface area contributed by atoms with Crippen LogP contribution in [0.5, 0.6) is 0 Å². The number of hydrogen-bond acceptors (Lipinski definition) is 1. The summed E-state index contributed by atoms with van der Waals surface area (Å²) in [6, 6.07) is 6.34. The molecule has 1 aromatic carbocycles. The van der Waals surface area contributed by atoms with E-state index in [1.807, 2.05) is 0 Å².